The van der Waals surface area contributed by atoms with Crippen LogP contribution in [-0.2, 0) is 10.0 Å². The fourth-order valence-corrected chi connectivity index (χ4v) is 3.88. The highest BCUT2D eigenvalue weighted by Crippen LogP contribution is 2.28. The maximum atomic E-state index is 12.4. The fraction of sp³-hybridized carbons (Fsp3) is 0.278. The van der Waals surface area contributed by atoms with Gasteiger partial charge in [0.05, 0.1) is 4.90 Å². The molecular formula is C18H20N2O3S2. The molecule has 2 aromatic carbocycles. The summed E-state index contributed by atoms with van der Waals surface area (Å²) in [7, 11) is -3.59. The molecule has 0 aromatic heterocycles. The minimum atomic E-state index is -3.59. The van der Waals surface area contributed by atoms with Gasteiger partial charge in [-0.15, -0.1) is 11.8 Å². The second kappa shape index (κ2) is 7.59. The van der Waals surface area contributed by atoms with Crippen molar-refractivity contribution in [1.82, 2.24) is 4.72 Å². The largest absolute Gasteiger partial charge is 0.322 e. The Morgan fingerprint density at radius 3 is 2.52 bits per heavy atom. The summed E-state index contributed by atoms with van der Waals surface area (Å²) in [5.41, 5.74) is 0.978. The van der Waals surface area contributed by atoms with Gasteiger partial charge >= 0.3 is 0 Å². The Morgan fingerprint density at radius 1 is 1.16 bits per heavy atom. The molecule has 1 amide bonds. The molecule has 0 heterocycles. The van der Waals surface area contributed by atoms with Crippen LogP contribution in [0.3, 0.4) is 0 Å². The van der Waals surface area contributed by atoms with Crippen LogP contribution >= 0.6 is 11.8 Å². The Balaban J connectivity index is 1.71. The molecule has 1 aliphatic carbocycles. The number of hydrogen-bond acceptors (Lipinski definition) is 4. The summed E-state index contributed by atoms with van der Waals surface area (Å²) >= 11 is 1.62. The molecule has 2 aromatic rings. The molecule has 25 heavy (non-hydrogen) atoms. The van der Waals surface area contributed by atoms with Gasteiger partial charge in [0.1, 0.15) is 0 Å². The predicted octanol–water partition coefficient (Wildman–Crippen LogP) is 3.35. The first-order valence-electron chi connectivity index (χ1n) is 8.03. The van der Waals surface area contributed by atoms with E-state index in [0.29, 0.717) is 23.7 Å². The molecule has 1 fully saturated rings. The molecule has 0 spiro atoms. The van der Waals surface area contributed by atoms with Crippen molar-refractivity contribution in [2.75, 3.05) is 18.1 Å². The normalized spacial score (nSPS) is 14.3. The fourth-order valence-electron chi connectivity index (χ4n) is 2.31. The molecule has 5 nitrogen and oxygen atoms in total. The van der Waals surface area contributed by atoms with Crippen LogP contribution in [0.25, 0.3) is 0 Å². The SMILES string of the molecule is CSc1ccc(NC(=O)c2cccc(S(=O)(=O)NCC3CC3)c2)cc1. The molecular weight excluding hydrogens is 356 g/mol. The van der Waals surface area contributed by atoms with Crippen LogP contribution in [0.15, 0.2) is 58.3 Å². The summed E-state index contributed by atoms with van der Waals surface area (Å²) < 4.78 is 27.2. The molecule has 0 radical (unpaired) electrons. The lowest BCUT2D eigenvalue weighted by molar-refractivity contribution is 0.102. The highest BCUT2D eigenvalue weighted by molar-refractivity contribution is 7.98. The zero-order valence-corrected chi connectivity index (χ0v) is 15.5. The first-order valence-corrected chi connectivity index (χ1v) is 10.7. The lowest BCUT2D eigenvalue weighted by Crippen LogP contribution is -2.26. The highest BCUT2D eigenvalue weighted by Gasteiger charge is 2.24. The second-order valence-electron chi connectivity index (χ2n) is 6.01. The van der Waals surface area contributed by atoms with Crippen molar-refractivity contribution in [2.24, 2.45) is 5.92 Å². The molecule has 1 aliphatic rings. The number of amides is 1. The van der Waals surface area contributed by atoms with Gasteiger partial charge in [-0.1, -0.05) is 6.07 Å². The highest BCUT2D eigenvalue weighted by atomic mass is 32.2. The number of nitrogens with one attached hydrogen (secondary N) is 2. The smallest absolute Gasteiger partial charge is 0.255 e. The van der Waals surface area contributed by atoms with Gasteiger partial charge in [-0.05, 0) is 67.5 Å². The van der Waals surface area contributed by atoms with Crippen LogP contribution in [0, 0.1) is 5.92 Å². The Kier molecular flexibility index (Phi) is 5.46. The number of carbonyl (C=O) groups excluding carboxylic acids is 1. The number of anilines is 1. The third-order valence-electron chi connectivity index (χ3n) is 4.01. The van der Waals surface area contributed by atoms with E-state index in [-0.39, 0.29) is 10.8 Å². The molecule has 0 bridgehead atoms. The number of thioether (sulfide) groups is 1. The standard InChI is InChI=1S/C18H20N2O3S2/c1-24-16-9-7-15(8-10-16)20-18(21)14-3-2-4-17(11-14)25(22,23)19-12-13-5-6-13/h2-4,7-11,13,19H,5-6,12H2,1H3,(H,20,21). The molecule has 7 heteroatoms. The van der Waals surface area contributed by atoms with Crippen LogP contribution in [-0.4, -0.2) is 27.1 Å². The Hall–Kier alpha value is -1.83. The molecule has 132 valence electrons. The van der Waals surface area contributed by atoms with Gasteiger partial charge < -0.3 is 5.32 Å². The third-order valence-corrected chi connectivity index (χ3v) is 6.18. The first-order chi connectivity index (χ1) is 12.0. The average molecular weight is 377 g/mol. The van der Waals surface area contributed by atoms with Gasteiger partial charge in [-0.3, -0.25) is 4.79 Å². The maximum absolute atomic E-state index is 12.4. The molecule has 0 aliphatic heterocycles. The van der Waals surface area contributed by atoms with Gasteiger partial charge in [-0.2, -0.15) is 0 Å². The van der Waals surface area contributed by atoms with Gasteiger partial charge in [0.15, 0.2) is 0 Å². The number of carbonyl (C=O) groups is 1. The van der Waals surface area contributed by atoms with Crippen molar-refractivity contribution in [3.8, 4) is 0 Å². The van der Waals surface area contributed by atoms with Gasteiger partial charge in [-0.25, -0.2) is 13.1 Å². The van der Waals surface area contributed by atoms with E-state index in [4.69, 9.17) is 0 Å². The number of rotatable bonds is 7. The zero-order valence-electron chi connectivity index (χ0n) is 13.9. The lowest BCUT2D eigenvalue weighted by atomic mass is 10.2. The topological polar surface area (TPSA) is 75.3 Å². The van der Waals surface area contributed by atoms with Crippen molar-refractivity contribution in [2.45, 2.75) is 22.6 Å². The summed E-state index contributed by atoms with van der Waals surface area (Å²) in [6, 6.07) is 13.6. The van der Waals surface area contributed by atoms with E-state index in [2.05, 4.69) is 10.0 Å². The first kappa shape index (κ1) is 18.0. The van der Waals surface area contributed by atoms with Crippen molar-refractivity contribution < 1.29 is 13.2 Å². The molecule has 0 unspecified atom stereocenters. The number of benzene rings is 2. The van der Waals surface area contributed by atoms with Crippen LogP contribution in [0.5, 0.6) is 0 Å². The van der Waals surface area contributed by atoms with Crippen LogP contribution in [0.2, 0.25) is 0 Å². The van der Waals surface area contributed by atoms with Crippen molar-refractivity contribution in [3.05, 3.63) is 54.1 Å². The zero-order chi connectivity index (χ0) is 17.9. The maximum Gasteiger partial charge on any atom is 0.255 e. The summed E-state index contributed by atoms with van der Waals surface area (Å²) in [6.45, 7) is 0.459. The minimum Gasteiger partial charge on any atom is -0.322 e. The Morgan fingerprint density at radius 2 is 1.88 bits per heavy atom. The Labute approximate surface area is 152 Å². The van der Waals surface area contributed by atoms with Gasteiger partial charge in [0.25, 0.3) is 5.91 Å². The van der Waals surface area contributed by atoms with Crippen molar-refractivity contribution in [3.63, 3.8) is 0 Å². The molecule has 0 saturated heterocycles. The summed E-state index contributed by atoms with van der Waals surface area (Å²) in [5, 5.41) is 2.78. The van der Waals surface area contributed by atoms with E-state index >= 15 is 0 Å². The van der Waals surface area contributed by atoms with Gasteiger partial charge in [0.2, 0.25) is 10.0 Å². The monoisotopic (exact) mass is 376 g/mol. The van der Waals surface area contributed by atoms with Gasteiger partial charge in [0, 0.05) is 22.7 Å². The van der Waals surface area contributed by atoms with E-state index in [1.807, 2.05) is 30.5 Å². The number of sulfonamides is 1. The van der Waals surface area contributed by atoms with E-state index < -0.39 is 10.0 Å². The summed E-state index contributed by atoms with van der Waals surface area (Å²) in [5.74, 6) is 0.113. The van der Waals surface area contributed by atoms with Crippen molar-refractivity contribution in [1.29, 1.82) is 0 Å². The lowest BCUT2D eigenvalue weighted by Gasteiger charge is -2.09. The van der Waals surface area contributed by atoms with E-state index in [1.54, 1.807) is 23.9 Å². The molecule has 2 N–H and O–H groups in total. The quantitative estimate of drug-likeness (QED) is 0.727. The Bertz CT molecular complexity index is 860. The van der Waals surface area contributed by atoms with E-state index in [1.165, 1.54) is 12.1 Å². The van der Waals surface area contributed by atoms with Crippen LogP contribution in [0.1, 0.15) is 23.2 Å². The molecule has 1 saturated carbocycles. The minimum absolute atomic E-state index is 0.110. The summed E-state index contributed by atoms with van der Waals surface area (Å²) in [4.78, 5) is 13.6. The second-order valence-corrected chi connectivity index (χ2v) is 8.65. The van der Waals surface area contributed by atoms with E-state index in [9.17, 15) is 13.2 Å². The molecule has 0 atom stereocenters. The van der Waals surface area contributed by atoms with E-state index in [0.717, 1.165) is 17.7 Å². The molecule has 3 rings (SSSR count). The third kappa shape index (κ3) is 4.84. The predicted molar refractivity (Wildman–Crippen MR) is 101 cm³/mol. The number of hydrogen-bond donors (Lipinski definition) is 2. The van der Waals surface area contributed by atoms with Crippen molar-refractivity contribution >= 4 is 33.4 Å². The summed E-state index contributed by atoms with van der Waals surface area (Å²) in [6.07, 6.45) is 4.12. The van der Waals surface area contributed by atoms with Crippen LogP contribution < -0.4 is 10.0 Å². The average Bonchev–Trinajstić information content (AvgIpc) is 3.45. The van der Waals surface area contributed by atoms with Crippen LogP contribution in [0.4, 0.5) is 5.69 Å².